The summed E-state index contributed by atoms with van der Waals surface area (Å²) >= 11 is 0. The highest BCUT2D eigenvalue weighted by molar-refractivity contribution is 5.39. The normalized spacial score (nSPS) is 11.4. The number of benzene rings is 1. The van der Waals surface area contributed by atoms with Crippen molar-refractivity contribution in [2.24, 2.45) is 5.84 Å². The molecule has 19 heavy (non-hydrogen) atoms. The molecule has 2 aromatic rings. The molecular weight excluding hydrogens is 242 g/mol. The highest BCUT2D eigenvalue weighted by Crippen LogP contribution is 2.24. The van der Waals surface area contributed by atoms with Gasteiger partial charge in [-0.3, -0.25) is 0 Å². The van der Waals surface area contributed by atoms with Crippen LogP contribution < -0.4 is 16.0 Å². The van der Waals surface area contributed by atoms with E-state index < -0.39 is 5.92 Å². The molecule has 0 amide bonds. The lowest BCUT2D eigenvalue weighted by Gasteiger charge is -2.09. The third-order valence-electron chi connectivity index (χ3n) is 2.71. The van der Waals surface area contributed by atoms with Crippen LogP contribution in [-0.2, 0) is 0 Å². The summed E-state index contributed by atoms with van der Waals surface area (Å²) in [5.74, 6) is 5.95. The Morgan fingerprint density at radius 2 is 1.95 bits per heavy atom. The molecule has 6 nitrogen and oxygen atoms in total. The average Bonchev–Trinajstić information content (AvgIpc) is 2.49. The molecule has 6 heteroatoms. The molecule has 1 aromatic heterocycles. The standard InChI is InChI=1S/C13H13N5O/c1-19-10-4-2-9(3-5-10)11(8-14)12-6-7-13(16-15)18-17-12/h2-7,11H,15H2,1H3,(H,16,18). The number of nitrogen functional groups attached to an aromatic ring is 1. The smallest absolute Gasteiger partial charge is 0.162 e. The zero-order valence-corrected chi connectivity index (χ0v) is 10.4. The maximum atomic E-state index is 9.30. The van der Waals surface area contributed by atoms with Crippen molar-refractivity contribution in [3.63, 3.8) is 0 Å². The monoisotopic (exact) mass is 255 g/mol. The van der Waals surface area contributed by atoms with Gasteiger partial charge >= 0.3 is 0 Å². The first kappa shape index (κ1) is 12.8. The number of hydrogen-bond donors (Lipinski definition) is 2. The number of anilines is 1. The van der Waals surface area contributed by atoms with E-state index in [4.69, 9.17) is 10.6 Å². The molecule has 0 fully saturated rings. The van der Waals surface area contributed by atoms with E-state index in [1.165, 1.54) is 0 Å². The van der Waals surface area contributed by atoms with Crippen LogP contribution >= 0.6 is 0 Å². The minimum Gasteiger partial charge on any atom is -0.497 e. The first-order valence-corrected chi connectivity index (χ1v) is 5.62. The van der Waals surface area contributed by atoms with Crippen molar-refractivity contribution in [1.82, 2.24) is 10.2 Å². The molecule has 96 valence electrons. The summed E-state index contributed by atoms with van der Waals surface area (Å²) in [6.07, 6.45) is 0. The van der Waals surface area contributed by atoms with Crippen LogP contribution in [0.3, 0.4) is 0 Å². The van der Waals surface area contributed by atoms with Crippen LogP contribution in [0.5, 0.6) is 5.75 Å². The Bertz CT molecular complexity index is 526. The van der Waals surface area contributed by atoms with Crippen molar-refractivity contribution >= 4 is 5.82 Å². The number of nitrogens with zero attached hydrogens (tertiary/aromatic N) is 3. The topological polar surface area (TPSA) is 96.8 Å². The Balaban J connectivity index is 2.30. The van der Waals surface area contributed by atoms with Crippen molar-refractivity contribution in [3.05, 3.63) is 47.7 Å². The first-order chi connectivity index (χ1) is 9.28. The molecule has 2 rings (SSSR count). The lowest BCUT2D eigenvalue weighted by molar-refractivity contribution is 0.414. The maximum absolute atomic E-state index is 9.30. The maximum Gasteiger partial charge on any atom is 0.162 e. The van der Waals surface area contributed by atoms with Crippen molar-refractivity contribution in [2.75, 3.05) is 12.5 Å². The predicted molar refractivity (Wildman–Crippen MR) is 70.3 cm³/mol. The van der Waals surface area contributed by atoms with Crippen LogP contribution in [0.25, 0.3) is 0 Å². The number of hydrogen-bond acceptors (Lipinski definition) is 6. The minimum atomic E-state index is -0.467. The van der Waals surface area contributed by atoms with Gasteiger partial charge in [-0.15, -0.1) is 5.10 Å². The Hall–Kier alpha value is -2.65. The molecule has 1 aromatic carbocycles. The molecule has 0 saturated heterocycles. The largest absolute Gasteiger partial charge is 0.497 e. The van der Waals surface area contributed by atoms with E-state index in [-0.39, 0.29) is 0 Å². The summed E-state index contributed by atoms with van der Waals surface area (Å²) in [7, 11) is 1.60. The number of aromatic nitrogens is 2. The number of nitrogens with two attached hydrogens (primary N) is 1. The molecule has 1 unspecified atom stereocenters. The summed E-state index contributed by atoms with van der Waals surface area (Å²) in [6.45, 7) is 0. The number of ether oxygens (including phenoxy) is 1. The highest BCUT2D eigenvalue weighted by Gasteiger charge is 2.15. The SMILES string of the molecule is COc1ccc(C(C#N)c2ccc(NN)nn2)cc1. The van der Waals surface area contributed by atoms with Crippen LogP contribution in [0.4, 0.5) is 5.82 Å². The van der Waals surface area contributed by atoms with E-state index in [0.717, 1.165) is 11.3 Å². The summed E-state index contributed by atoms with van der Waals surface area (Å²) in [5, 5.41) is 17.2. The van der Waals surface area contributed by atoms with Gasteiger partial charge in [0.05, 0.1) is 18.9 Å². The molecule has 1 atom stereocenters. The van der Waals surface area contributed by atoms with Gasteiger partial charge in [-0.05, 0) is 29.8 Å². The van der Waals surface area contributed by atoms with Crippen LogP contribution in [-0.4, -0.2) is 17.3 Å². The van der Waals surface area contributed by atoms with E-state index in [2.05, 4.69) is 21.7 Å². The van der Waals surface area contributed by atoms with Gasteiger partial charge in [0.2, 0.25) is 0 Å². The van der Waals surface area contributed by atoms with E-state index in [0.29, 0.717) is 11.5 Å². The quantitative estimate of drug-likeness (QED) is 0.633. The van der Waals surface area contributed by atoms with Gasteiger partial charge in [0.1, 0.15) is 11.7 Å². The zero-order valence-electron chi connectivity index (χ0n) is 10.4. The van der Waals surface area contributed by atoms with Gasteiger partial charge in [-0.25, -0.2) is 5.84 Å². The molecule has 0 radical (unpaired) electrons. The molecular formula is C13H13N5O. The summed E-state index contributed by atoms with van der Waals surface area (Å²) < 4.78 is 5.09. The third-order valence-corrected chi connectivity index (χ3v) is 2.71. The summed E-state index contributed by atoms with van der Waals surface area (Å²) in [6, 6.07) is 12.9. The minimum absolute atomic E-state index is 0.454. The molecule has 1 heterocycles. The Morgan fingerprint density at radius 3 is 2.42 bits per heavy atom. The van der Waals surface area contributed by atoms with E-state index >= 15 is 0 Å². The van der Waals surface area contributed by atoms with Crippen LogP contribution in [0.1, 0.15) is 17.2 Å². The molecule has 0 saturated carbocycles. The van der Waals surface area contributed by atoms with Gasteiger partial charge in [-0.2, -0.15) is 10.4 Å². The summed E-state index contributed by atoms with van der Waals surface area (Å²) in [5.41, 5.74) is 3.81. The number of nitriles is 1. The van der Waals surface area contributed by atoms with Crippen molar-refractivity contribution < 1.29 is 4.74 Å². The lowest BCUT2D eigenvalue weighted by Crippen LogP contribution is -2.10. The average molecular weight is 255 g/mol. The van der Waals surface area contributed by atoms with E-state index in [9.17, 15) is 5.26 Å². The van der Waals surface area contributed by atoms with Gasteiger partial charge in [0.25, 0.3) is 0 Å². The molecule has 0 aliphatic heterocycles. The van der Waals surface area contributed by atoms with Crippen LogP contribution in [0.2, 0.25) is 0 Å². The number of methoxy groups -OCH3 is 1. The summed E-state index contributed by atoms with van der Waals surface area (Å²) in [4.78, 5) is 0. The Labute approximate surface area is 110 Å². The first-order valence-electron chi connectivity index (χ1n) is 5.62. The fourth-order valence-corrected chi connectivity index (χ4v) is 1.68. The molecule has 0 aliphatic carbocycles. The highest BCUT2D eigenvalue weighted by atomic mass is 16.5. The third kappa shape index (κ3) is 2.78. The second-order valence-corrected chi connectivity index (χ2v) is 3.82. The molecule has 3 N–H and O–H groups in total. The van der Waals surface area contributed by atoms with Crippen LogP contribution in [0, 0.1) is 11.3 Å². The second kappa shape index (κ2) is 5.80. The Morgan fingerprint density at radius 1 is 1.21 bits per heavy atom. The van der Waals surface area contributed by atoms with Crippen molar-refractivity contribution in [2.45, 2.75) is 5.92 Å². The number of hydrazine groups is 1. The predicted octanol–water partition coefficient (Wildman–Crippen LogP) is 1.43. The van der Waals surface area contributed by atoms with Crippen molar-refractivity contribution in [1.29, 1.82) is 5.26 Å². The van der Waals surface area contributed by atoms with Gasteiger partial charge < -0.3 is 10.2 Å². The lowest BCUT2D eigenvalue weighted by atomic mass is 9.97. The van der Waals surface area contributed by atoms with E-state index in [1.807, 2.05) is 24.3 Å². The van der Waals surface area contributed by atoms with Crippen LogP contribution in [0.15, 0.2) is 36.4 Å². The fourth-order valence-electron chi connectivity index (χ4n) is 1.68. The Kier molecular flexibility index (Phi) is 3.90. The van der Waals surface area contributed by atoms with Gasteiger partial charge in [0, 0.05) is 0 Å². The number of rotatable bonds is 4. The van der Waals surface area contributed by atoms with Crippen molar-refractivity contribution in [3.8, 4) is 11.8 Å². The zero-order chi connectivity index (χ0) is 13.7. The van der Waals surface area contributed by atoms with Gasteiger partial charge in [-0.1, -0.05) is 12.1 Å². The molecule has 0 spiro atoms. The fraction of sp³-hybridized carbons (Fsp3) is 0.154. The molecule has 0 aliphatic rings. The van der Waals surface area contributed by atoms with E-state index in [1.54, 1.807) is 19.2 Å². The molecule has 0 bridgehead atoms. The van der Waals surface area contributed by atoms with Gasteiger partial charge in [0.15, 0.2) is 5.82 Å². The second-order valence-electron chi connectivity index (χ2n) is 3.82. The number of nitrogens with one attached hydrogen (secondary N) is 1.